The number of furan rings is 1. The molecular weight excluding hydrogens is 242 g/mol. The van der Waals surface area contributed by atoms with Crippen LogP contribution in [0.4, 0.5) is 0 Å². The average Bonchev–Trinajstić information content (AvgIpc) is 2.51. The van der Waals surface area contributed by atoms with Gasteiger partial charge in [0.25, 0.3) is 0 Å². The van der Waals surface area contributed by atoms with E-state index in [1.54, 1.807) is 6.26 Å². The Morgan fingerprint density at radius 3 is 2.93 bits per heavy atom. The molecule has 14 heavy (non-hydrogen) atoms. The van der Waals surface area contributed by atoms with Gasteiger partial charge < -0.3 is 9.73 Å². The molecule has 1 aliphatic rings. The quantitative estimate of drug-likeness (QED) is 0.897. The van der Waals surface area contributed by atoms with E-state index in [0.717, 1.165) is 29.2 Å². The summed E-state index contributed by atoms with van der Waals surface area (Å²) >= 11 is 3.52. The van der Waals surface area contributed by atoms with Gasteiger partial charge in [0, 0.05) is 5.92 Å². The Morgan fingerprint density at radius 1 is 1.57 bits per heavy atom. The maximum atomic E-state index is 5.50. The van der Waals surface area contributed by atoms with E-state index in [9.17, 15) is 0 Å². The van der Waals surface area contributed by atoms with Crippen molar-refractivity contribution in [2.45, 2.75) is 25.7 Å². The van der Waals surface area contributed by atoms with Crippen LogP contribution in [0.2, 0.25) is 0 Å². The molecule has 2 unspecified atom stereocenters. The first-order valence-electron chi connectivity index (χ1n) is 5.26. The van der Waals surface area contributed by atoms with E-state index in [4.69, 9.17) is 4.42 Å². The van der Waals surface area contributed by atoms with Gasteiger partial charge in [0.2, 0.25) is 0 Å². The van der Waals surface area contributed by atoms with Crippen LogP contribution in [-0.4, -0.2) is 13.1 Å². The van der Waals surface area contributed by atoms with E-state index in [-0.39, 0.29) is 0 Å². The molecule has 1 fully saturated rings. The zero-order valence-electron chi connectivity index (χ0n) is 8.42. The summed E-state index contributed by atoms with van der Waals surface area (Å²) in [6, 6.07) is 1.98. The summed E-state index contributed by atoms with van der Waals surface area (Å²) < 4.78 is 6.63. The summed E-state index contributed by atoms with van der Waals surface area (Å²) in [4.78, 5) is 0. The highest BCUT2D eigenvalue weighted by atomic mass is 79.9. The molecule has 3 heteroatoms. The molecule has 1 heterocycles. The standard InChI is InChI=1S/C11H16BrNO/c1-2-13-7-8-3-4-9(8)11-10(12)5-6-14-11/h5-6,8-9,13H,2-4,7H2,1H3. The predicted molar refractivity (Wildman–Crippen MR) is 60.4 cm³/mol. The maximum absolute atomic E-state index is 5.50. The van der Waals surface area contributed by atoms with Crippen molar-refractivity contribution in [1.82, 2.24) is 5.32 Å². The van der Waals surface area contributed by atoms with E-state index >= 15 is 0 Å². The lowest BCUT2D eigenvalue weighted by molar-refractivity contribution is 0.216. The Morgan fingerprint density at radius 2 is 2.43 bits per heavy atom. The minimum atomic E-state index is 0.624. The Balaban J connectivity index is 1.96. The van der Waals surface area contributed by atoms with Gasteiger partial charge in [-0.3, -0.25) is 0 Å². The normalized spacial score (nSPS) is 26.1. The second-order valence-electron chi connectivity index (χ2n) is 3.88. The van der Waals surface area contributed by atoms with Crippen molar-refractivity contribution in [2.24, 2.45) is 5.92 Å². The van der Waals surface area contributed by atoms with Gasteiger partial charge in [-0.25, -0.2) is 0 Å². The van der Waals surface area contributed by atoms with Crippen LogP contribution in [-0.2, 0) is 0 Å². The molecule has 0 bridgehead atoms. The fourth-order valence-electron chi connectivity index (χ4n) is 2.06. The second-order valence-corrected chi connectivity index (χ2v) is 4.74. The van der Waals surface area contributed by atoms with Crippen molar-refractivity contribution >= 4 is 15.9 Å². The van der Waals surface area contributed by atoms with E-state index < -0.39 is 0 Å². The smallest absolute Gasteiger partial charge is 0.121 e. The lowest BCUT2D eigenvalue weighted by Crippen LogP contribution is -2.33. The van der Waals surface area contributed by atoms with Crippen LogP contribution in [0.25, 0.3) is 0 Å². The van der Waals surface area contributed by atoms with Crippen LogP contribution in [0.1, 0.15) is 31.4 Å². The number of rotatable bonds is 4. The van der Waals surface area contributed by atoms with Gasteiger partial charge in [-0.05, 0) is 53.8 Å². The first-order valence-corrected chi connectivity index (χ1v) is 6.05. The van der Waals surface area contributed by atoms with Crippen LogP contribution < -0.4 is 5.32 Å². The van der Waals surface area contributed by atoms with Crippen molar-refractivity contribution < 1.29 is 4.42 Å². The topological polar surface area (TPSA) is 25.2 Å². The molecule has 1 saturated carbocycles. The Labute approximate surface area is 93.2 Å². The lowest BCUT2D eigenvalue weighted by Gasteiger charge is -2.35. The van der Waals surface area contributed by atoms with Crippen molar-refractivity contribution in [3.05, 3.63) is 22.6 Å². The average molecular weight is 258 g/mol. The lowest BCUT2D eigenvalue weighted by atomic mass is 9.72. The SMILES string of the molecule is CCNCC1CCC1c1occc1Br. The zero-order chi connectivity index (χ0) is 9.97. The van der Waals surface area contributed by atoms with Gasteiger partial charge in [-0.15, -0.1) is 0 Å². The van der Waals surface area contributed by atoms with E-state index in [1.807, 2.05) is 6.07 Å². The van der Waals surface area contributed by atoms with Gasteiger partial charge in [0.05, 0.1) is 10.7 Å². The highest BCUT2D eigenvalue weighted by Gasteiger charge is 2.34. The van der Waals surface area contributed by atoms with Gasteiger partial charge >= 0.3 is 0 Å². The van der Waals surface area contributed by atoms with Crippen LogP contribution in [0.5, 0.6) is 0 Å². The molecule has 1 aromatic rings. The molecule has 1 aliphatic carbocycles. The zero-order valence-corrected chi connectivity index (χ0v) is 10.0. The molecule has 78 valence electrons. The van der Waals surface area contributed by atoms with Crippen molar-refractivity contribution in [2.75, 3.05) is 13.1 Å². The molecule has 1 aromatic heterocycles. The van der Waals surface area contributed by atoms with E-state index in [1.165, 1.54) is 12.8 Å². The van der Waals surface area contributed by atoms with Crippen LogP contribution in [0.3, 0.4) is 0 Å². The van der Waals surface area contributed by atoms with E-state index in [0.29, 0.717) is 5.92 Å². The summed E-state index contributed by atoms with van der Waals surface area (Å²) in [6.07, 6.45) is 4.36. The number of halogens is 1. The molecule has 2 rings (SSSR count). The molecule has 2 nitrogen and oxygen atoms in total. The molecular formula is C11H16BrNO. The second kappa shape index (κ2) is 4.49. The largest absolute Gasteiger partial charge is 0.468 e. The molecule has 0 amide bonds. The highest BCUT2D eigenvalue weighted by Crippen LogP contribution is 2.44. The fraction of sp³-hybridized carbons (Fsp3) is 0.636. The van der Waals surface area contributed by atoms with Gasteiger partial charge in [-0.2, -0.15) is 0 Å². The fourth-order valence-corrected chi connectivity index (χ4v) is 2.55. The van der Waals surface area contributed by atoms with Gasteiger partial charge in [0.15, 0.2) is 0 Å². The van der Waals surface area contributed by atoms with Crippen molar-refractivity contribution in [3.8, 4) is 0 Å². The van der Waals surface area contributed by atoms with Gasteiger partial charge in [0.1, 0.15) is 5.76 Å². The molecule has 0 aliphatic heterocycles. The van der Waals surface area contributed by atoms with Crippen molar-refractivity contribution in [3.63, 3.8) is 0 Å². The minimum absolute atomic E-state index is 0.624. The van der Waals surface area contributed by atoms with E-state index in [2.05, 4.69) is 28.2 Å². The highest BCUT2D eigenvalue weighted by molar-refractivity contribution is 9.10. The molecule has 0 aromatic carbocycles. The molecule has 0 saturated heterocycles. The first kappa shape index (κ1) is 10.2. The minimum Gasteiger partial charge on any atom is -0.468 e. The molecule has 2 atom stereocenters. The Kier molecular flexibility index (Phi) is 3.29. The van der Waals surface area contributed by atoms with Crippen LogP contribution in [0, 0.1) is 5.92 Å². The first-order chi connectivity index (χ1) is 6.83. The number of hydrogen-bond donors (Lipinski definition) is 1. The summed E-state index contributed by atoms with van der Waals surface area (Å²) in [7, 11) is 0. The number of nitrogens with one attached hydrogen (secondary N) is 1. The molecule has 1 N–H and O–H groups in total. The summed E-state index contributed by atoms with van der Waals surface area (Å²) in [5.41, 5.74) is 0. The molecule has 0 spiro atoms. The van der Waals surface area contributed by atoms with Crippen molar-refractivity contribution in [1.29, 1.82) is 0 Å². The van der Waals surface area contributed by atoms with Crippen LogP contribution in [0.15, 0.2) is 21.2 Å². The third-order valence-electron chi connectivity index (χ3n) is 3.06. The Bertz CT molecular complexity index is 297. The van der Waals surface area contributed by atoms with Gasteiger partial charge in [-0.1, -0.05) is 6.92 Å². The maximum Gasteiger partial charge on any atom is 0.121 e. The summed E-state index contributed by atoms with van der Waals surface area (Å²) in [5, 5.41) is 3.40. The number of hydrogen-bond acceptors (Lipinski definition) is 2. The van der Waals surface area contributed by atoms with Crippen LogP contribution >= 0.6 is 15.9 Å². The monoisotopic (exact) mass is 257 g/mol. The predicted octanol–water partition coefficient (Wildman–Crippen LogP) is 3.15. The summed E-state index contributed by atoms with van der Waals surface area (Å²) in [6.45, 7) is 4.33. The third-order valence-corrected chi connectivity index (χ3v) is 3.71. The molecule has 0 radical (unpaired) electrons. The summed E-state index contributed by atoms with van der Waals surface area (Å²) in [5.74, 6) is 2.52. The third kappa shape index (κ3) is 1.89. The Hall–Kier alpha value is -0.280.